The van der Waals surface area contributed by atoms with E-state index in [1.165, 1.54) is 11.0 Å². The third kappa shape index (κ3) is 5.31. The quantitative estimate of drug-likeness (QED) is 0.522. The molecule has 0 bridgehead atoms. The topological polar surface area (TPSA) is 117 Å². The number of nitrogens with one attached hydrogen (secondary N) is 1. The number of carbonyl (C=O) groups is 2. The zero-order valence-corrected chi connectivity index (χ0v) is 16.6. The Balaban J connectivity index is 1.42. The molecule has 0 aliphatic carbocycles. The first-order chi connectivity index (χ1) is 14.6. The normalized spacial score (nSPS) is 10.3. The van der Waals surface area contributed by atoms with Gasteiger partial charge in [0.05, 0.1) is 25.5 Å². The number of hydrogen-bond donors (Lipinski definition) is 1. The Morgan fingerprint density at radius 3 is 2.47 bits per heavy atom. The lowest BCUT2D eigenvalue weighted by atomic mass is 10.1. The van der Waals surface area contributed by atoms with E-state index in [0.717, 1.165) is 5.56 Å². The minimum Gasteiger partial charge on any atom is -0.493 e. The van der Waals surface area contributed by atoms with Crippen molar-refractivity contribution >= 4 is 11.9 Å². The Hall–Kier alpha value is -3.95. The number of carbonyl (C=O) groups excluding carboxylic acids is 2. The van der Waals surface area contributed by atoms with Gasteiger partial charge in [0.15, 0.2) is 18.1 Å². The Morgan fingerprint density at radius 2 is 1.80 bits per heavy atom. The molecule has 10 nitrogen and oxygen atoms in total. The molecular weight excluding hydrogens is 390 g/mol. The zero-order chi connectivity index (χ0) is 21.3. The van der Waals surface area contributed by atoms with Gasteiger partial charge in [-0.2, -0.15) is 0 Å². The monoisotopic (exact) mass is 411 g/mol. The maximum absolute atomic E-state index is 12.1. The van der Waals surface area contributed by atoms with Gasteiger partial charge in [-0.25, -0.2) is 9.48 Å². The van der Waals surface area contributed by atoms with Gasteiger partial charge in [0.2, 0.25) is 0 Å². The molecule has 0 unspecified atom stereocenters. The molecule has 0 spiro atoms. The van der Waals surface area contributed by atoms with Crippen molar-refractivity contribution in [2.45, 2.75) is 6.42 Å². The van der Waals surface area contributed by atoms with E-state index >= 15 is 0 Å². The predicted molar refractivity (Wildman–Crippen MR) is 106 cm³/mol. The zero-order valence-electron chi connectivity index (χ0n) is 16.6. The van der Waals surface area contributed by atoms with Crippen LogP contribution >= 0.6 is 0 Å². The highest BCUT2D eigenvalue weighted by molar-refractivity contribution is 5.91. The lowest BCUT2D eigenvalue weighted by Crippen LogP contribution is -2.30. The van der Waals surface area contributed by atoms with E-state index < -0.39 is 5.97 Å². The van der Waals surface area contributed by atoms with Gasteiger partial charge in [-0.05, 0) is 58.8 Å². The lowest BCUT2D eigenvalue weighted by Gasteiger charge is -2.10. The molecule has 2 aromatic carbocycles. The summed E-state index contributed by atoms with van der Waals surface area (Å²) in [5.41, 5.74) is 2.00. The van der Waals surface area contributed by atoms with Gasteiger partial charge in [-0.3, -0.25) is 4.79 Å². The van der Waals surface area contributed by atoms with Crippen molar-refractivity contribution in [1.82, 2.24) is 25.5 Å². The van der Waals surface area contributed by atoms with Gasteiger partial charge in [0.25, 0.3) is 5.91 Å². The van der Waals surface area contributed by atoms with E-state index in [4.69, 9.17) is 14.2 Å². The molecule has 1 amide bonds. The van der Waals surface area contributed by atoms with Gasteiger partial charge in [0, 0.05) is 6.54 Å². The van der Waals surface area contributed by atoms with Crippen LogP contribution in [0.15, 0.2) is 48.8 Å². The maximum atomic E-state index is 12.1. The summed E-state index contributed by atoms with van der Waals surface area (Å²) in [7, 11) is 3.14. The summed E-state index contributed by atoms with van der Waals surface area (Å²) in [4.78, 5) is 24.0. The van der Waals surface area contributed by atoms with Crippen LogP contribution in [0.5, 0.6) is 11.5 Å². The van der Waals surface area contributed by atoms with Crippen LogP contribution in [0.3, 0.4) is 0 Å². The summed E-state index contributed by atoms with van der Waals surface area (Å²) < 4.78 is 17.0. The number of ether oxygens (including phenoxy) is 3. The molecule has 1 aromatic heterocycles. The third-order valence-electron chi connectivity index (χ3n) is 4.23. The molecule has 3 rings (SSSR count). The summed E-state index contributed by atoms with van der Waals surface area (Å²) in [5, 5.41) is 13.6. The van der Waals surface area contributed by atoms with E-state index in [9.17, 15) is 9.59 Å². The SMILES string of the molecule is COc1ccc(CCNC(=O)COC(=O)c2ccc(-n3cnnn3)cc2)cc1OC. The van der Waals surface area contributed by atoms with Crippen LogP contribution in [0.2, 0.25) is 0 Å². The van der Waals surface area contributed by atoms with Crippen molar-refractivity contribution < 1.29 is 23.8 Å². The van der Waals surface area contributed by atoms with Crippen LogP contribution in [0.1, 0.15) is 15.9 Å². The molecule has 0 saturated heterocycles. The first-order valence-corrected chi connectivity index (χ1v) is 9.09. The molecule has 1 heterocycles. The maximum Gasteiger partial charge on any atom is 0.338 e. The van der Waals surface area contributed by atoms with Crippen molar-refractivity contribution in [3.05, 3.63) is 59.9 Å². The van der Waals surface area contributed by atoms with Gasteiger partial charge in [0.1, 0.15) is 6.33 Å². The molecule has 0 radical (unpaired) electrons. The largest absolute Gasteiger partial charge is 0.493 e. The molecule has 0 atom stereocenters. The van der Waals surface area contributed by atoms with Crippen molar-refractivity contribution in [3.8, 4) is 17.2 Å². The fourth-order valence-corrected chi connectivity index (χ4v) is 2.68. The molecule has 1 N–H and O–H groups in total. The van der Waals surface area contributed by atoms with Crippen LogP contribution in [0.25, 0.3) is 5.69 Å². The molecule has 0 saturated carbocycles. The minimum atomic E-state index is -0.590. The van der Waals surface area contributed by atoms with Crippen molar-refractivity contribution in [1.29, 1.82) is 0 Å². The van der Waals surface area contributed by atoms with Crippen LogP contribution in [-0.4, -0.2) is 59.5 Å². The molecular formula is C20H21N5O5. The summed E-state index contributed by atoms with van der Waals surface area (Å²) in [5.74, 6) is 0.298. The van der Waals surface area contributed by atoms with Crippen molar-refractivity contribution in [3.63, 3.8) is 0 Å². The second kappa shape index (κ2) is 10.0. The number of amides is 1. The van der Waals surface area contributed by atoms with E-state index in [0.29, 0.717) is 35.7 Å². The summed E-state index contributed by atoms with van der Waals surface area (Å²) in [6.45, 7) is 0.0337. The third-order valence-corrected chi connectivity index (χ3v) is 4.23. The van der Waals surface area contributed by atoms with Crippen molar-refractivity contribution in [2.75, 3.05) is 27.4 Å². The van der Waals surface area contributed by atoms with E-state index in [2.05, 4.69) is 20.8 Å². The number of tetrazole rings is 1. The smallest absolute Gasteiger partial charge is 0.338 e. The standard InChI is InChI=1S/C20H21N5O5/c1-28-17-8-3-14(11-18(17)29-2)9-10-21-19(26)12-30-20(27)15-4-6-16(7-5-15)25-13-22-23-24-25/h3-8,11,13H,9-10,12H2,1-2H3,(H,21,26). The second-order valence-electron chi connectivity index (χ2n) is 6.17. The summed E-state index contributed by atoms with van der Waals surface area (Å²) in [6, 6.07) is 12.1. The number of hydrogen-bond acceptors (Lipinski definition) is 8. The molecule has 0 aliphatic heterocycles. The molecule has 3 aromatic rings. The lowest BCUT2D eigenvalue weighted by molar-refractivity contribution is -0.124. The second-order valence-corrected chi connectivity index (χ2v) is 6.17. The fraction of sp³-hybridized carbons (Fsp3) is 0.250. The van der Waals surface area contributed by atoms with Crippen LogP contribution in [-0.2, 0) is 16.0 Å². The molecule has 30 heavy (non-hydrogen) atoms. The van der Waals surface area contributed by atoms with E-state index in [1.54, 1.807) is 38.5 Å². The number of benzene rings is 2. The Kier molecular flexibility index (Phi) is 6.93. The van der Waals surface area contributed by atoms with Gasteiger partial charge in [-0.1, -0.05) is 6.07 Å². The number of nitrogens with zero attached hydrogens (tertiary/aromatic N) is 4. The number of methoxy groups -OCH3 is 2. The molecule has 156 valence electrons. The highest BCUT2D eigenvalue weighted by Crippen LogP contribution is 2.27. The van der Waals surface area contributed by atoms with E-state index in [1.807, 2.05) is 18.2 Å². The van der Waals surface area contributed by atoms with Crippen LogP contribution < -0.4 is 14.8 Å². The van der Waals surface area contributed by atoms with E-state index in [-0.39, 0.29) is 12.5 Å². The first kappa shape index (κ1) is 20.8. The van der Waals surface area contributed by atoms with Crippen LogP contribution in [0.4, 0.5) is 0 Å². The average molecular weight is 411 g/mol. The summed E-state index contributed by atoms with van der Waals surface area (Å²) >= 11 is 0. The minimum absolute atomic E-state index is 0.324. The highest BCUT2D eigenvalue weighted by Gasteiger charge is 2.11. The highest BCUT2D eigenvalue weighted by atomic mass is 16.5. The average Bonchev–Trinajstić information content (AvgIpc) is 3.32. The molecule has 0 fully saturated rings. The number of esters is 1. The Morgan fingerprint density at radius 1 is 1.03 bits per heavy atom. The Bertz CT molecular complexity index is 989. The number of aromatic nitrogens is 4. The molecule has 0 aliphatic rings. The van der Waals surface area contributed by atoms with Crippen LogP contribution in [0, 0.1) is 0 Å². The fourth-order valence-electron chi connectivity index (χ4n) is 2.68. The Labute approximate surface area is 172 Å². The van der Waals surface area contributed by atoms with Gasteiger partial charge >= 0.3 is 5.97 Å². The van der Waals surface area contributed by atoms with Gasteiger partial charge < -0.3 is 19.5 Å². The predicted octanol–water partition coefficient (Wildman–Crippen LogP) is 1.20. The number of rotatable bonds is 9. The van der Waals surface area contributed by atoms with Crippen molar-refractivity contribution in [2.24, 2.45) is 0 Å². The summed E-state index contributed by atoms with van der Waals surface area (Å²) in [6.07, 6.45) is 2.04. The van der Waals surface area contributed by atoms with Gasteiger partial charge in [-0.15, -0.1) is 5.10 Å². The molecule has 10 heteroatoms. The first-order valence-electron chi connectivity index (χ1n) is 9.09.